The Labute approximate surface area is 129 Å². The highest BCUT2D eigenvalue weighted by molar-refractivity contribution is 6.35. The molecule has 0 amide bonds. The van der Waals surface area contributed by atoms with Crippen molar-refractivity contribution in [3.8, 4) is 17.3 Å². The molecular formula is C15H9ClN4O2. The highest BCUT2D eigenvalue weighted by Gasteiger charge is 2.46. The molecule has 22 heavy (non-hydrogen) atoms. The van der Waals surface area contributed by atoms with Gasteiger partial charge in [0.1, 0.15) is 10.9 Å². The monoisotopic (exact) mass is 312 g/mol. The van der Waals surface area contributed by atoms with E-state index in [4.69, 9.17) is 16.0 Å². The minimum absolute atomic E-state index is 0.348. The fourth-order valence-corrected chi connectivity index (χ4v) is 2.66. The normalized spacial score (nSPS) is 15.6. The average Bonchev–Trinajstić information content (AvgIpc) is 3.23. The molecule has 6 nitrogen and oxygen atoms in total. The number of H-pyrrole nitrogens is 1. The maximum absolute atomic E-state index is 11.4. The zero-order chi connectivity index (χ0) is 15.3. The predicted octanol–water partition coefficient (Wildman–Crippen LogP) is 2.79. The van der Waals surface area contributed by atoms with Crippen LogP contribution in [0, 0.1) is 11.3 Å². The molecule has 0 spiro atoms. The van der Waals surface area contributed by atoms with Crippen molar-refractivity contribution in [2.24, 2.45) is 0 Å². The van der Waals surface area contributed by atoms with Crippen LogP contribution in [0.4, 0.5) is 0 Å². The summed E-state index contributed by atoms with van der Waals surface area (Å²) in [5, 5.41) is 9.58. The summed E-state index contributed by atoms with van der Waals surface area (Å²) in [4.78, 5) is 22.7. The highest BCUT2D eigenvalue weighted by Crippen LogP contribution is 2.46. The molecule has 2 aromatic heterocycles. The van der Waals surface area contributed by atoms with Gasteiger partial charge in [-0.15, -0.1) is 0 Å². The SMILES string of the molecule is N#CC1(c2cnc(-c3ccc(Cl)c4[nH]c(=O)oc34)cn2)CC1. The molecule has 1 N–H and O–H groups in total. The van der Waals surface area contributed by atoms with E-state index in [0.29, 0.717) is 33.1 Å². The van der Waals surface area contributed by atoms with Crippen molar-refractivity contribution in [2.45, 2.75) is 18.3 Å². The van der Waals surface area contributed by atoms with Crippen LogP contribution in [-0.4, -0.2) is 15.0 Å². The molecule has 108 valence electrons. The van der Waals surface area contributed by atoms with Gasteiger partial charge >= 0.3 is 5.76 Å². The van der Waals surface area contributed by atoms with Crippen LogP contribution in [0.1, 0.15) is 18.5 Å². The molecule has 0 atom stereocenters. The number of fused-ring (bicyclic) bond motifs is 1. The van der Waals surface area contributed by atoms with Gasteiger partial charge < -0.3 is 4.42 Å². The minimum Gasteiger partial charge on any atom is -0.407 e. The average molecular weight is 313 g/mol. The highest BCUT2D eigenvalue weighted by atomic mass is 35.5. The van der Waals surface area contributed by atoms with E-state index in [-0.39, 0.29) is 0 Å². The molecule has 1 aliphatic rings. The summed E-state index contributed by atoms with van der Waals surface area (Å²) >= 11 is 6.04. The molecular weight excluding hydrogens is 304 g/mol. The molecule has 0 unspecified atom stereocenters. The van der Waals surface area contributed by atoms with Crippen LogP contribution in [0.3, 0.4) is 0 Å². The lowest BCUT2D eigenvalue weighted by Crippen LogP contribution is -2.06. The topological polar surface area (TPSA) is 95.6 Å². The third kappa shape index (κ3) is 1.83. The van der Waals surface area contributed by atoms with Crippen LogP contribution in [0.5, 0.6) is 0 Å². The van der Waals surface area contributed by atoms with Crippen LogP contribution >= 0.6 is 11.6 Å². The molecule has 7 heteroatoms. The first-order valence-electron chi connectivity index (χ1n) is 6.68. The summed E-state index contributed by atoms with van der Waals surface area (Å²) in [6.07, 6.45) is 4.82. The Morgan fingerprint density at radius 2 is 2.14 bits per heavy atom. The summed E-state index contributed by atoms with van der Waals surface area (Å²) in [5.74, 6) is -0.574. The standard InChI is InChI=1S/C15H9ClN4O2/c16-9-2-1-8(13-12(9)20-14(21)22-13)10-5-19-11(6-18-10)15(7-17)3-4-15/h1-2,5-6H,3-4H2,(H,20,21). The van der Waals surface area contributed by atoms with E-state index >= 15 is 0 Å². The third-order valence-corrected chi connectivity index (χ3v) is 4.23. The number of hydrogen-bond donors (Lipinski definition) is 1. The summed E-state index contributed by atoms with van der Waals surface area (Å²) in [6.45, 7) is 0. The van der Waals surface area contributed by atoms with Crippen LogP contribution in [-0.2, 0) is 5.41 Å². The van der Waals surface area contributed by atoms with Crippen molar-refractivity contribution in [1.82, 2.24) is 15.0 Å². The third-order valence-electron chi connectivity index (χ3n) is 3.91. The number of aromatic amines is 1. The summed E-state index contributed by atoms with van der Waals surface area (Å²) in [5.41, 5.74) is 2.17. The molecule has 1 saturated carbocycles. The number of aromatic nitrogens is 3. The van der Waals surface area contributed by atoms with Gasteiger partial charge in [-0.2, -0.15) is 5.26 Å². The van der Waals surface area contributed by atoms with Crippen LogP contribution in [0.15, 0.2) is 33.7 Å². The largest absolute Gasteiger partial charge is 0.417 e. The lowest BCUT2D eigenvalue weighted by atomic mass is 10.1. The lowest BCUT2D eigenvalue weighted by molar-refractivity contribution is 0.556. The molecule has 0 bridgehead atoms. The van der Waals surface area contributed by atoms with E-state index in [2.05, 4.69) is 21.0 Å². The van der Waals surface area contributed by atoms with Gasteiger partial charge in [-0.3, -0.25) is 15.0 Å². The van der Waals surface area contributed by atoms with Crippen LogP contribution in [0.25, 0.3) is 22.4 Å². The van der Waals surface area contributed by atoms with Crippen molar-refractivity contribution >= 4 is 22.7 Å². The second-order valence-corrected chi connectivity index (χ2v) is 5.70. The second kappa shape index (κ2) is 4.42. The Kier molecular flexibility index (Phi) is 2.62. The molecule has 1 fully saturated rings. The molecule has 0 saturated heterocycles. The van der Waals surface area contributed by atoms with E-state index in [1.165, 1.54) is 0 Å². The smallest absolute Gasteiger partial charge is 0.407 e. The van der Waals surface area contributed by atoms with Crippen LogP contribution < -0.4 is 5.76 Å². The number of halogens is 1. The molecule has 3 aromatic rings. The number of nitrogens with zero attached hydrogens (tertiary/aromatic N) is 3. The van der Waals surface area contributed by atoms with Crippen molar-refractivity contribution in [3.63, 3.8) is 0 Å². The Balaban J connectivity index is 1.84. The first-order valence-corrected chi connectivity index (χ1v) is 7.06. The molecule has 2 heterocycles. The first-order chi connectivity index (χ1) is 10.6. The fraction of sp³-hybridized carbons (Fsp3) is 0.200. The second-order valence-electron chi connectivity index (χ2n) is 5.29. The minimum atomic E-state index is -0.574. The Bertz CT molecular complexity index is 977. The molecule has 0 radical (unpaired) electrons. The van der Waals surface area contributed by atoms with Gasteiger partial charge in [0, 0.05) is 5.56 Å². The maximum atomic E-state index is 11.4. The van der Waals surface area contributed by atoms with Crippen molar-refractivity contribution in [1.29, 1.82) is 5.26 Å². The maximum Gasteiger partial charge on any atom is 0.417 e. The number of hydrogen-bond acceptors (Lipinski definition) is 5. The first kappa shape index (κ1) is 13.0. The molecule has 4 rings (SSSR count). The Hall–Kier alpha value is -2.65. The molecule has 1 aromatic carbocycles. The summed E-state index contributed by atoms with van der Waals surface area (Å²) in [6, 6.07) is 5.67. The van der Waals surface area contributed by atoms with E-state index in [1.54, 1.807) is 24.5 Å². The zero-order valence-electron chi connectivity index (χ0n) is 11.3. The zero-order valence-corrected chi connectivity index (χ0v) is 12.0. The van der Waals surface area contributed by atoms with Crippen molar-refractivity contribution in [2.75, 3.05) is 0 Å². The van der Waals surface area contributed by atoms with E-state index in [1.807, 2.05) is 0 Å². The summed E-state index contributed by atoms with van der Waals surface area (Å²) in [7, 11) is 0. The summed E-state index contributed by atoms with van der Waals surface area (Å²) < 4.78 is 5.15. The van der Waals surface area contributed by atoms with Gasteiger partial charge in [-0.05, 0) is 25.0 Å². The lowest BCUT2D eigenvalue weighted by Gasteiger charge is -2.06. The van der Waals surface area contributed by atoms with Gasteiger partial charge in [0.25, 0.3) is 0 Å². The van der Waals surface area contributed by atoms with Crippen molar-refractivity contribution < 1.29 is 4.42 Å². The van der Waals surface area contributed by atoms with Crippen molar-refractivity contribution in [3.05, 3.63) is 45.8 Å². The van der Waals surface area contributed by atoms with Gasteiger partial charge in [0.15, 0.2) is 5.58 Å². The Morgan fingerprint density at radius 3 is 2.77 bits per heavy atom. The van der Waals surface area contributed by atoms with Gasteiger partial charge in [0.2, 0.25) is 0 Å². The number of nitrogens with one attached hydrogen (secondary N) is 1. The predicted molar refractivity (Wildman–Crippen MR) is 79.4 cm³/mol. The van der Waals surface area contributed by atoms with E-state index in [9.17, 15) is 10.1 Å². The Morgan fingerprint density at radius 1 is 1.32 bits per heavy atom. The quantitative estimate of drug-likeness (QED) is 0.785. The number of oxazole rings is 1. The van der Waals surface area contributed by atoms with E-state index < -0.39 is 11.2 Å². The molecule has 0 aliphatic heterocycles. The van der Waals surface area contributed by atoms with Gasteiger partial charge in [-0.1, -0.05) is 11.6 Å². The van der Waals surface area contributed by atoms with Gasteiger partial charge in [-0.25, -0.2) is 4.79 Å². The number of rotatable bonds is 2. The fourth-order valence-electron chi connectivity index (χ4n) is 2.47. The number of nitriles is 1. The van der Waals surface area contributed by atoms with E-state index in [0.717, 1.165) is 12.8 Å². The molecule has 1 aliphatic carbocycles. The van der Waals surface area contributed by atoms with Gasteiger partial charge in [0.05, 0.1) is 34.9 Å². The number of benzene rings is 1. The van der Waals surface area contributed by atoms with Crippen LogP contribution in [0.2, 0.25) is 5.02 Å².